The van der Waals surface area contributed by atoms with E-state index >= 15 is 0 Å². The van der Waals surface area contributed by atoms with E-state index in [0.29, 0.717) is 12.5 Å². The summed E-state index contributed by atoms with van der Waals surface area (Å²) in [5.41, 5.74) is 4.56. The van der Waals surface area contributed by atoms with Crippen LogP contribution < -0.4 is 4.74 Å². The minimum Gasteiger partial charge on any atom is -0.497 e. The minimum atomic E-state index is -0.397. The van der Waals surface area contributed by atoms with Gasteiger partial charge in [-0.25, -0.2) is 0 Å². The van der Waals surface area contributed by atoms with Crippen molar-refractivity contribution in [2.75, 3.05) is 20.3 Å². The Kier molecular flexibility index (Phi) is 5.56. The molecule has 1 saturated carbocycles. The number of ether oxygens (including phenoxy) is 3. The Bertz CT molecular complexity index is 1040. The van der Waals surface area contributed by atoms with E-state index in [1.807, 2.05) is 12.1 Å². The van der Waals surface area contributed by atoms with E-state index < -0.39 is 5.60 Å². The molecule has 0 spiro atoms. The van der Waals surface area contributed by atoms with Crippen LogP contribution in [0.25, 0.3) is 0 Å². The van der Waals surface area contributed by atoms with Crippen molar-refractivity contribution >= 4 is 0 Å². The number of benzene rings is 3. The van der Waals surface area contributed by atoms with E-state index in [0.717, 1.165) is 25.2 Å². The van der Waals surface area contributed by atoms with Crippen LogP contribution >= 0.6 is 0 Å². The van der Waals surface area contributed by atoms with Gasteiger partial charge in [0.15, 0.2) is 0 Å². The first-order chi connectivity index (χ1) is 15.6. The lowest BCUT2D eigenvalue weighted by Crippen LogP contribution is -2.38. The average Bonchev–Trinajstić information content (AvgIpc) is 3.50. The Morgan fingerprint density at radius 3 is 2.34 bits per heavy atom. The van der Waals surface area contributed by atoms with Crippen molar-refractivity contribution in [2.45, 2.75) is 38.4 Å². The molecular weight excluding hydrogens is 396 g/mol. The van der Waals surface area contributed by atoms with Crippen molar-refractivity contribution in [1.29, 1.82) is 0 Å². The predicted octanol–water partition coefficient (Wildman–Crippen LogP) is 6.26. The van der Waals surface area contributed by atoms with Crippen LogP contribution in [0.5, 0.6) is 5.75 Å². The van der Waals surface area contributed by atoms with Crippen molar-refractivity contribution < 1.29 is 14.2 Å². The van der Waals surface area contributed by atoms with E-state index in [1.54, 1.807) is 7.11 Å². The van der Waals surface area contributed by atoms with E-state index in [-0.39, 0.29) is 11.5 Å². The molecule has 2 fully saturated rings. The fourth-order valence-electron chi connectivity index (χ4n) is 5.60. The molecule has 0 amide bonds. The van der Waals surface area contributed by atoms with Crippen LogP contribution in [-0.2, 0) is 21.5 Å². The zero-order chi connectivity index (χ0) is 22.2. The van der Waals surface area contributed by atoms with Gasteiger partial charge in [0.2, 0.25) is 0 Å². The van der Waals surface area contributed by atoms with Gasteiger partial charge in [0.25, 0.3) is 0 Å². The molecule has 32 heavy (non-hydrogen) atoms. The molecule has 3 nitrogen and oxygen atoms in total. The summed E-state index contributed by atoms with van der Waals surface area (Å²) >= 11 is 0. The largest absolute Gasteiger partial charge is 0.497 e. The molecule has 0 unspecified atom stereocenters. The monoisotopic (exact) mass is 428 g/mol. The summed E-state index contributed by atoms with van der Waals surface area (Å²) in [7, 11) is 1.70. The van der Waals surface area contributed by atoms with Crippen LogP contribution in [0, 0.1) is 18.3 Å². The van der Waals surface area contributed by atoms with Gasteiger partial charge in [-0.2, -0.15) is 0 Å². The minimum absolute atomic E-state index is 0.00795. The molecule has 3 aromatic rings. The molecule has 5 rings (SSSR count). The Balaban J connectivity index is 1.47. The second-order valence-corrected chi connectivity index (χ2v) is 9.41. The van der Waals surface area contributed by atoms with Gasteiger partial charge in [0, 0.05) is 5.41 Å². The lowest BCUT2D eigenvalue weighted by Gasteiger charge is -2.40. The van der Waals surface area contributed by atoms with E-state index in [4.69, 9.17) is 14.2 Å². The van der Waals surface area contributed by atoms with Crippen molar-refractivity contribution in [2.24, 2.45) is 11.3 Å². The molecule has 2 aliphatic rings. The third-order valence-electron chi connectivity index (χ3n) is 7.62. The molecule has 1 aliphatic carbocycles. The smallest absolute Gasteiger partial charge is 0.118 e. The average molecular weight is 429 g/mol. The first-order valence-corrected chi connectivity index (χ1v) is 11.6. The molecule has 3 aromatic carbocycles. The first-order valence-electron chi connectivity index (χ1n) is 11.6. The second-order valence-electron chi connectivity index (χ2n) is 9.41. The van der Waals surface area contributed by atoms with Gasteiger partial charge in [-0.3, -0.25) is 0 Å². The highest BCUT2D eigenvalue weighted by molar-refractivity contribution is 5.39. The number of fused-ring (bicyclic) bond motifs is 1. The van der Waals surface area contributed by atoms with Crippen LogP contribution in [0.2, 0.25) is 0 Å². The fraction of sp³-hybridized carbons (Fsp3) is 0.379. The molecule has 4 atom stereocenters. The van der Waals surface area contributed by atoms with E-state index in [2.05, 4.69) is 80.6 Å². The fourth-order valence-corrected chi connectivity index (χ4v) is 5.60. The molecule has 0 N–H and O–H groups in total. The number of aryl methyl sites for hydroxylation is 1. The summed E-state index contributed by atoms with van der Waals surface area (Å²) < 4.78 is 18.7. The number of rotatable bonds is 8. The first kappa shape index (κ1) is 21.2. The molecule has 1 aliphatic heterocycles. The summed E-state index contributed by atoms with van der Waals surface area (Å²) in [6.07, 6.45) is 2.02. The quantitative estimate of drug-likeness (QED) is 0.424. The van der Waals surface area contributed by atoms with Gasteiger partial charge >= 0.3 is 0 Å². The highest BCUT2D eigenvalue weighted by Crippen LogP contribution is 2.75. The Labute approximate surface area is 191 Å². The van der Waals surface area contributed by atoms with Crippen molar-refractivity contribution in [3.05, 3.63) is 101 Å². The third-order valence-corrected chi connectivity index (χ3v) is 7.62. The second kappa shape index (κ2) is 8.38. The zero-order valence-corrected chi connectivity index (χ0v) is 19.2. The highest BCUT2D eigenvalue weighted by atomic mass is 16.5. The molecule has 0 bridgehead atoms. The molecule has 0 aromatic heterocycles. The highest BCUT2D eigenvalue weighted by Gasteiger charge is 2.74. The van der Waals surface area contributed by atoms with E-state index in [1.165, 1.54) is 22.3 Å². The van der Waals surface area contributed by atoms with E-state index in [9.17, 15) is 0 Å². The standard InChI is InChI=1S/C29H32O3/c1-21-9-11-23(12-10-21)27(31-18-17-22-7-5-4-6-8-22)29-19-25(29)20-32-28(29,2)24-13-15-26(30-3)16-14-24/h4-16,25,27H,17-20H2,1-3H3/t25-,27+,28-,29-/m1/s1. The number of hydrogen-bond acceptors (Lipinski definition) is 3. The number of methoxy groups -OCH3 is 1. The summed E-state index contributed by atoms with van der Waals surface area (Å²) in [4.78, 5) is 0. The maximum atomic E-state index is 6.76. The molecule has 3 heteroatoms. The Hall–Kier alpha value is -2.62. The van der Waals surface area contributed by atoms with Gasteiger partial charge in [0.05, 0.1) is 32.0 Å². The summed E-state index contributed by atoms with van der Waals surface area (Å²) in [6.45, 7) is 5.86. The molecule has 0 radical (unpaired) electrons. The summed E-state index contributed by atoms with van der Waals surface area (Å²) in [6, 6.07) is 27.8. The van der Waals surface area contributed by atoms with Crippen molar-refractivity contribution in [3.63, 3.8) is 0 Å². The molecule has 166 valence electrons. The van der Waals surface area contributed by atoms with Crippen molar-refractivity contribution in [3.8, 4) is 5.75 Å². The molecular formula is C29H32O3. The van der Waals surface area contributed by atoms with Gasteiger partial charge in [-0.05, 0) is 61.4 Å². The van der Waals surface area contributed by atoms with Crippen LogP contribution in [0.15, 0.2) is 78.9 Å². The van der Waals surface area contributed by atoms with Gasteiger partial charge < -0.3 is 14.2 Å². The summed E-state index contributed by atoms with van der Waals surface area (Å²) in [5.74, 6) is 1.38. The summed E-state index contributed by atoms with van der Waals surface area (Å²) in [5, 5.41) is 0. The third kappa shape index (κ3) is 3.54. The maximum Gasteiger partial charge on any atom is 0.118 e. The van der Waals surface area contributed by atoms with Gasteiger partial charge in [-0.1, -0.05) is 72.3 Å². The lowest BCUT2D eigenvalue weighted by molar-refractivity contribution is -0.108. The number of hydrogen-bond donors (Lipinski definition) is 0. The van der Waals surface area contributed by atoms with Crippen LogP contribution in [0.4, 0.5) is 0 Å². The Morgan fingerprint density at radius 2 is 1.69 bits per heavy atom. The zero-order valence-electron chi connectivity index (χ0n) is 19.2. The van der Waals surface area contributed by atoms with Gasteiger partial charge in [0.1, 0.15) is 5.75 Å². The maximum absolute atomic E-state index is 6.76. The van der Waals surface area contributed by atoms with Gasteiger partial charge in [-0.15, -0.1) is 0 Å². The molecule has 1 heterocycles. The van der Waals surface area contributed by atoms with Crippen LogP contribution in [-0.4, -0.2) is 20.3 Å². The van der Waals surface area contributed by atoms with Crippen LogP contribution in [0.3, 0.4) is 0 Å². The van der Waals surface area contributed by atoms with Crippen LogP contribution in [0.1, 0.15) is 41.7 Å². The molecule has 1 saturated heterocycles. The SMILES string of the molecule is COc1ccc([C@@]2(C)OC[C@H]3C[C@]32[C@@H](OCCc2ccccc2)c2ccc(C)cc2)cc1. The normalized spacial score (nSPS) is 27.0. The lowest BCUT2D eigenvalue weighted by atomic mass is 9.74. The topological polar surface area (TPSA) is 27.7 Å². The predicted molar refractivity (Wildman–Crippen MR) is 127 cm³/mol. The Morgan fingerprint density at radius 1 is 0.969 bits per heavy atom. The van der Waals surface area contributed by atoms with Crippen molar-refractivity contribution in [1.82, 2.24) is 0 Å².